The van der Waals surface area contributed by atoms with E-state index >= 15 is 0 Å². The normalized spacial score (nSPS) is 15.2. The third kappa shape index (κ3) is 9.07. The smallest absolute Gasteiger partial charge is 0.126 e. The molecule has 1 rings (SSSR count). The van der Waals surface area contributed by atoms with Crippen molar-refractivity contribution in [1.29, 1.82) is 0 Å². The molecule has 0 spiro atoms. The minimum atomic E-state index is -0.833. The Kier molecular flexibility index (Phi) is 9.82. The Labute approximate surface area is 149 Å². The van der Waals surface area contributed by atoms with Crippen LogP contribution < -0.4 is 11.1 Å². The highest BCUT2D eigenvalue weighted by atomic mass is 19.1. The molecule has 4 nitrogen and oxygen atoms in total. The lowest BCUT2D eigenvalue weighted by Crippen LogP contribution is -2.47. The second-order valence-electron chi connectivity index (χ2n) is 6.77. The molecule has 3 atom stereocenters. The van der Waals surface area contributed by atoms with E-state index in [0.29, 0.717) is 24.7 Å². The summed E-state index contributed by atoms with van der Waals surface area (Å²) in [7, 11) is 0. The van der Waals surface area contributed by atoms with Gasteiger partial charge in [-0.1, -0.05) is 19.9 Å². The van der Waals surface area contributed by atoms with Crippen LogP contribution in [-0.4, -0.2) is 43.1 Å². The summed E-state index contributed by atoms with van der Waals surface area (Å²) in [5.41, 5.74) is 6.41. The number of benzene rings is 1. The minimum Gasteiger partial charge on any atom is -0.390 e. The van der Waals surface area contributed by atoms with E-state index in [2.05, 4.69) is 25.7 Å². The highest BCUT2D eigenvalue weighted by Crippen LogP contribution is 2.11. The summed E-state index contributed by atoms with van der Waals surface area (Å²) in [6.07, 6.45) is 1.95. The molecular weight excluding hydrogens is 326 g/mol. The monoisotopic (exact) mass is 356 g/mol. The van der Waals surface area contributed by atoms with Gasteiger partial charge < -0.3 is 20.9 Å². The van der Waals surface area contributed by atoms with Crippen LogP contribution in [0.3, 0.4) is 0 Å². The number of rotatable bonds is 12. The van der Waals surface area contributed by atoms with Crippen LogP contribution in [-0.2, 0) is 11.2 Å². The molecule has 1 aromatic rings. The first kappa shape index (κ1) is 21.7. The van der Waals surface area contributed by atoms with Crippen LogP contribution in [0.5, 0.6) is 0 Å². The minimum absolute atomic E-state index is 0.0911. The SMILES string of the molecule is C=CCOC[C@@H](CC(C)C)NC[C@@H](O)[C@@H](N)Cc1cc(F)cc(F)c1. The Morgan fingerprint density at radius 1 is 1.28 bits per heavy atom. The third-order valence-electron chi connectivity index (χ3n) is 3.81. The van der Waals surface area contributed by atoms with Crippen LogP contribution in [0.4, 0.5) is 8.78 Å². The van der Waals surface area contributed by atoms with Gasteiger partial charge in [0, 0.05) is 24.7 Å². The predicted molar refractivity (Wildman–Crippen MR) is 96.3 cm³/mol. The predicted octanol–water partition coefficient (Wildman–Crippen LogP) is 2.40. The van der Waals surface area contributed by atoms with Gasteiger partial charge in [0.1, 0.15) is 11.6 Å². The standard InChI is InChI=1S/C19H30F2N2O2/c1-4-5-25-12-17(6-13(2)3)23-11-19(24)18(22)9-14-7-15(20)10-16(21)8-14/h4,7-8,10,13,17-19,23-24H,1,5-6,9,11-12,22H2,2-3H3/t17-,18+,19-/m1/s1. The van der Waals surface area contributed by atoms with Gasteiger partial charge in [0.15, 0.2) is 0 Å². The first-order valence-corrected chi connectivity index (χ1v) is 8.62. The van der Waals surface area contributed by atoms with Gasteiger partial charge in [0.25, 0.3) is 0 Å². The Morgan fingerprint density at radius 2 is 1.92 bits per heavy atom. The topological polar surface area (TPSA) is 67.5 Å². The van der Waals surface area contributed by atoms with Gasteiger partial charge in [-0.25, -0.2) is 8.78 Å². The fourth-order valence-corrected chi connectivity index (χ4v) is 2.65. The molecule has 0 heterocycles. The number of hydrogen-bond acceptors (Lipinski definition) is 4. The number of nitrogens with two attached hydrogens (primary N) is 1. The number of nitrogens with one attached hydrogen (secondary N) is 1. The van der Waals surface area contributed by atoms with E-state index in [0.717, 1.165) is 12.5 Å². The van der Waals surface area contributed by atoms with Crippen LogP contribution in [0.2, 0.25) is 0 Å². The van der Waals surface area contributed by atoms with Crippen LogP contribution in [0, 0.1) is 17.6 Å². The molecule has 1 aromatic carbocycles. The molecule has 0 fully saturated rings. The summed E-state index contributed by atoms with van der Waals surface area (Å²) in [4.78, 5) is 0. The average Bonchev–Trinajstić information content (AvgIpc) is 2.50. The van der Waals surface area contributed by atoms with Gasteiger partial charge in [-0.2, -0.15) is 0 Å². The second kappa shape index (κ2) is 11.3. The van der Waals surface area contributed by atoms with Crippen LogP contribution >= 0.6 is 0 Å². The number of aliphatic hydroxyl groups is 1. The molecule has 0 saturated heterocycles. The molecular formula is C19H30F2N2O2. The maximum atomic E-state index is 13.2. The van der Waals surface area contributed by atoms with Crippen molar-refractivity contribution in [3.8, 4) is 0 Å². The van der Waals surface area contributed by atoms with Gasteiger partial charge in [-0.3, -0.25) is 0 Å². The summed E-state index contributed by atoms with van der Waals surface area (Å²) in [5, 5.41) is 13.5. The van der Waals surface area contributed by atoms with E-state index in [-0.39, 0.29) is 19.0 Å². The molecule has 0 radical (unpaired) electrons. The van der Waals surface area contributed by atoms with Gasteiger partial charge in [-0.05, 0) is 36.5 Å². The summed E-state index contributed by atoms with van der Waals surface area (Å²) in [5.74, 6) is -0.816. The summed E-state index contributed by atoms with van der Waals surface area (Å²) in [6, 6.07) is 2.74. The molecule has 4 N–H and O–H groups in total. The summed E-state index contributed by atoms with van der Waals surface area (Å²) >= 11 is 0. The molecule has 6 heteroatoms. The van der Waals surface area contributed by atoms with Crippen LogP contribution in [0.25, 0.3) is 0 Å². The number of hydrogen-bond donors (Lipinski definition) is 3. The van der Waals surface area contributed by atoms with Crippen molar-refractivity contribution >= 4 is 0 Å². The molecule has 142 valence electrons. The fourth-order valence-electron chi connectivity index (χ4n) is 2.65. The van der Waals surface area contributed by atoms with Crippen LogP contribution in [0.15, 0.2) is 30.9 Å². The Hall–Kier alpha value is -1.34. The van der Waals surface area contributed by atoms with E-state index in [1.54, 1.807) is 6.08 Å². The lowest BCUT2D eigenvalue weighted by molar-refractivity contribution is 0.104. The zero-order valence-corrected chi connectivity index (χ0v) is 15.1. The Balaban J connectivity index is 2.50. The van der Waals surface area contributed by atoms with E-state index in [4.69, 9.17) is 10.5 Å². The van der Waals surface area contributed by atoms with E-state index < -0.39 is 23.8 Å². The number of aliphatic hydroxyl groups excluding tert-OH is 1. The molecule has 0 saturated carbocycles. The first-order valence-electron chi connectivity index (χ1n) is 8.62. The quantitative estimate of drug-likeness (QED) is 0.397. The van der Waals surface area contributed by atoms with Crippen molar-refractivity contribution in [3.63, 3.8) is 0 Å². The first-order chi connectivity index (χ1) is 11.8. The van der Waals surface area contributed by atoms with Gasteiger partial charge in [0.2, 0.25) is 0 Å². The average molecular weight is 356 g/mol. The van der Waals surface area contributed by atoms with E-state index in [1.807, 2.05) is 0 Å². The lowest BCUT2D eigenvalue weighted by Gasteiger charge is -2.25. The molecule has 0 unspecified atom stereocenters. The van der Waals surface area contributed by atoms with Crippen molar-refractivity contribution < 1.29 is 18.6 Å². The number of ether oxygens (including phenoxy) is 1. The molecule has 0 aliphatic heterocycles. The lowest BCUT2D eigenvalue weighted by atomic mass is 10.0. The zero-order valence-electron chi connectivity index (χ0n) is 15.1. The Morgan fingerprint density at radius 3 is 2.48 bits per heavy atom. The largest absolute Gasteiger partial charge is 0.390 e. The third-order valence-corrected chi connectivity index (χ3v) is 3.81. The molecule has 0 aromatic heterocycles. The highest BCUT2D eigenvalue weighted by molar-refractivity contribution is 5.19. The van der Waals surface area contributed by atoms with Crippen molar-refractivity contribution in [2.75, 3.05) is 19.8 Å². The zero-order chi connectivity index (χ0) is 18.8. The van der Waals surface area contributed by atoms with Gasteiger partial charge in [-0.15, -0.1) is 6.58 Å². The molecule has 25 heavy (non-hydrogen) atoms. The van der Waals surface area contributed by atoms with Crippen molar-refractivity contribution in [2.45, 2.75) is 44.9 Å². The van der Waals surface area contributed by atoms with Gasteiger partial charge >= 0.3 is 0 Å². The maximum Gasteiger partial charge on any atom is 0.126 e. The molecule has 0 amide bonds. The summed E-state index contributed by atoms with van der Waals surface area (Å²) in [6.45, 7) is 9.12. The fraction of sp³-hybridized carbons (Fsp3) is 0.579. The van der Waals surface area contributed by atoms with E-state index in [9.17, 15) is 13.9 Å². The highest BCUT2D eigenvalue weighted by Gasteiger charge is 2.19. The van der Waals surface area contributed by atoms with E-state index in [1.165, 1.54) is 12.1 Å². The molecule has 0 bridgehead atoms. The van der Waals surface area contributed by atoms with Gasteiger partial charge in [0.05, 0.1) is 19.3 Å². The molecule has 0 aliphatic rings. The summed E-state index contributed by atoms with van der Waals surface area (Å²) < 4.78 is 31.9. The second-order valence-corrected chi connectivity index (χ2v) is 6.77. The van der Waals surface area contributed by atoms with Crippen molar-refractivity contribution in [2.24, 2.45) is 11.7 Å². The maximum absolute atomic E-state index is 13.2. The number of halogens is 2. The van der Waals surface area contributed by atoms with Crippen molar-refractivity contribution in [1.82, 2.24) is 5.32 Å². The van der Waals surface area contributed by atoms with Crippen molar-refractivity contribution in [3.05, 3.63) is 48.1 Å². The van der Waals surface area contributed by atoms with Crippen LogP contribution in [0.1, 0.15) is 25.8 Å². The Bertz CT molecular complexity index is 506. The molecule has 0 aliphatic carbocycles.